The van der Waals surface area contributed by atoms with Gasteiger partial charge in [0.2, 0.25) is 0 Å². The third kappa shape index (κ3) is 2.82. The van der Waals surface area contributed by atoms with E-state index in [-0.39, 0.29) is 11.2 Å². The first-order chi connectivity index (χ1) is 8.13. The van der Waals surface area contributed by atoms with Gasteiger partial charge in [-0.05, 0) is 49.7 Å². The number of hydrogen-bond donors (Lipinski definition) is 0. The van der Waals surface area contributed by atoms with Crippen molar-refractivity contribution in [1.29, 1.82) is 5.26 Å². The van der Waals surface area contributed by atoms with E-state index in [1.165, 1.54) is 12.3 Å². The Morgan fingerprint density at radius 3 is 2.76 bits per heavy atom. The molecule has 0 amide bonds. The number of nitriles is 1. The SMILES string of the molecule is CC1CCC(C#N)(Cc2cncc(F)c2)CC1. The number of nitrogens with zero attached hydrogens (tertiary/aromatic N) is 2. The minimum absolute atomic E-state index is 0.304. The van der Waals surface area contributed by atoms with Crippen molar-refractivity contribution in [3.05, 3.63) is 29.8 Å². The van der Waals surface area contributed by atoms with Crippen LogP contribution in [-0.4, -0.2) is 4.98 Å². The van der Waals surface area contributed by atoms with Gasteiger partial charge in [0.15, 0.2) is 0 Å². The molecule has 1 fully saturated rings. The van der Waals surface area contributed by atoms with Crippen molar-refractivity contribution in [2.45, 2.75) is 39.0 Å². The monoisotopic (exact) mass is 232 g/mol. The maximum Gasteiger partial charge on any atom is 0.141 e. The van der Waals surface area contributed by atoms with Crippen LogP contribution in [0.25, 0.3) is 0 Å². The molecule has 0 aliphatic heterocycles. The fourth-order valence-electron chi connectivity index (χ4n) is 2.59. The normalized spacial score (nSPS) is 28.6. The van der Waals surface area contributed by atoms with E-state index in [2.05, 4.69) is 18.0 Å². The van der Waals surface area contributed by atoms with Crippen LogP contribution in [0.15, 0.2) is 18.5 Å². The van der Waals surface area contributed by atoms with Gasteiger partial charge in [0, 0.05) is 6.20 Å². The van der Waals surface area contributed by atoms with Crippen LogP contribution in [0.4, 0.5) is 4.39 Å². The molecule has 1 saturated carbocycles. The summed E-state index contributed by atoms with van der Waals surface area (Å²) in [6, 6.07) is 3.95. The third-order valence-electron chi connectivity index (χ3n) is 3.77. The van der Waals surface area contributed by atoms with Gasteiger partial charge in [-0.1, -0.05) is 6.92 Å². The molecule has 0 unspecified atom stereocenters. The minimum Gasteiger partial charge on any atom is -0.261 e. The Labute approximate surface area is 101 Å². The Morgan fingerprint density at radius 1 is 1.47 bits per heavy atom. The van der Waals surface area contributed by atoms with Gasteiger partial charge >= 0.3 is 0 Å². The highest BCUT2D eigenvalue weighted by Gasteiger charge is 2.34. The van der Waals surface area contributed by atoms with Gasteiger partial charge in [0.1, 0.15) is 5.82 Å². The van der Waals surface area contributed by atoms with Gasteiger partial charge in [0.25, 0.3) is 0 Å². The van der Waals surface area contributed by atoms with Crippen LogP contribution in [0.3, 0.4) is 0 Å². The molecule has 0 radical (unpaired) electrons. The smallest absolute Gasteiger partial charge is 0.141 e. The standard InChI is InChI=1S/C14H17FN2/c1-11-2-4-14(10-16,5-3-11)7-12-6-13(15)9-17-8-12/h6,8-9,11H,2-5,7H2,1H3. The summed E-state index contributed by atoms with van der Waals surface area (Å²) in [7, 11) is 0. The molecule has 0 aromatic carbocycles. The third-order valence-corrected chi connectivity index (χ3v) is 3.77. The van der Waals surface area contributed by atoms with Gasteiger partial charge in [-0.2, -0.15) is 5.26 Å². The molecule has 1 aliphatic carbocycles. The molecule has 1 aromatic heterocycles. The number of pyridine rings is 1. The summed E-state index contributed by atoms with van der Waals surface area (Å²) in [4.78, 5) is 3.85. The fourth-order valence-corrected chi connectivity index (χ4v) is 2.59. The highest BCUT2D eigenvalue weighted by atomic mass is 19.1. The van der Waals surface area contributed by atoms with Crippen molar-refractivity contribution in [1.82, 2.24) is 4.98 Å². The maximum absolute atomic E-state index is 13.1. The molecule has 3 heteroatoms. The first kappa shape index (κ1) is 12.0. The Kier molecular flexibility index (Phi) is 3.42. The van der Waals surface area contributed by atoms with Gasteiger partial charge in [-0.3, -0.25) is 4.98 Å². The van der Waals surface area contributed by atoms with Crippen LogP contribution >= 0.6 is 0 Å². The zero-order valence-electron chi connectivity index (χ0n) is 10.1. The summed E-state index contributed by atoms with van der Waals surface area (Å²) < 4.78 is 13.1. The fraction of sp³-hybridized carbons (Fsp3) is 0.571. The Bertz CT molecular complexity index is 428. The highest BCUT2D eigenvalue weighted by Crippen LogP contribution is 2.40. The van der Waals surface area contributed by atoms with E-state index in [1.54, 1.807) is 6.20 Å². The van der Waals surface area contributed by atoms with Crippen molar-refractivity contribution < 1.29 is 4.39 Å². The van der Waals surface area contributed by atoms with Crippen molar-refractivity contribution in [2.24, 2.45) is 11.3 Å². The average molecular weight is 232 g/mol. The second-order valence-corrected chi connectivity index (χ2v) is 5.26. The summed E-state index contributed by atoms with van der Waals surface area (Å²) >= 11 is 0. The lowest BCUT2D eigenvalue weighted by molar-refractivity contribution is 0.218. The molecule has 0 bridgehead atoms. The van der Waals surface area contributed by atoms with Gasteiger partial charge in [-0.25, -0.2) is 4.39 Å². The van der Waals surface area contributed by atoms with Gasteiger partial charge < -0.3 is 0 Å². The van der Waals surface area contributed by atoms with E-state index in [0.29, 0.717) is 12.3 Å². The van der Waals surface area contributed by atoms with Crippen LogP contribution < -0.4 is 0 Å². The largest absolute Gasteiger partial charge is 0.261 e. The van der Waals surface area contributed by atoms with E-state index in [0.717, 1.165) is 31.2 Å². The summed E-state index contributed by atoms with van der Waals surface area (Å²) in [6.45, 7) is 2.23. The first-order valence-corrected chi connectivity index (χ1v) is 6.14. The topological polar surface area (TPSA) is 36.7 Å². The minimum atomic E-state index is -0.320. The molecule has 0 atom stereocenters. The van der Waals surface area contributed by atoms with E-state index in [4.69, 9.17) is 0 Å². The lowest BCUT2D eigenvalue weighted by Gasteiger charge is -2.33. The summed E-state index contributed by atoms with van der Waals surface area (Å²) in [5.41, 5.74) is 0.531. The number of hydrogen-bond acceptors (Lipinski definition) is 2. The van der Waals surface area contributed by atoms with Crippen molar-refractivity contribution in [3.63, 3.8) is 0 Å². The molecular formula is C14H17FN2. The average Bonchev–Trinajstić information content (AvgIpc) is 2.33. The van der Waals surface area contributed by atoms with Crippen molar-refractivity contribution >= 4 is 0 Å². The molecule has 2 rings (SSSR count). The maximum atomic E-state index is 13.1. The predicted octanol–water partition coefficient (Wildman–Crippen LogP) is 3.48. The number of rotatable bonds is 2. The lowest BCUT2D eigenvalue weighted by Crippen LogP contribution is -2.27. The molecule has 0 saturated heterocycles. The second kappa shape index (κ2) is 4.83. The molecule has 90 valence electrons. The molecule has 17 heavy (non-hydrogen) atoms. The molecule has 0 spiro atoms. The van der Waals surface area contributed by atoms with Crippen molar-refractivity contribution in [3.8, 4) is 6.07 Å². The Hall–Kier alpha value is -1.43. The van der Waals surface area contributed by atoms with Crippen LogP contribution in [-0.2, 0) is 6.42 Å². The van der Waals surface area contributed by atoms with Gasteiger partial charge in [-0.15, -0.1) is 0 Å². The number of halogens is 1. The van der Waals surface area contributed by atoms with Crippen LogP contribution in [0.5, 0.6) is 0 Å². The zero-order valence-corrected chi connectivity index (χ0v) is 10.1. The van der Waals surface area contributed by atoms with Gasteiger partial charge in [0.05, 0.1) is 17.7 Å². The summed E-state index contributed by atoms with van der Waals surface area (Å²) in [5.74, 6) is 0.391. The molecule has 2 nitrogen and oxygen atoms in total. The number of aromatic nitrogens is 1. The molecule has 1 aliphatic rings. The van der Waals surface area contributed by atoms with E-state index in [1.807, 2.05) is 0 Å². The molecule has 1 heterocycles. The van der Waals surface area contributed by atoms with E-state index in [9.17, 15) is 9.65 Å². The lowest BCUT2D eigenvalue weighted by atomic mass is 9.69. The predicted molar refractivity (Wildman–Crippen MR) is 63.6 cm³/mol. The summed E-state index contributed by atoms with van der Waals surface area (Å²) in [5, 5.41) is 9.39. The quantitative estimate of drug-likeness (QED) is 0.782. The second-order valence-electron chi connectivity index (χ2n) is 5.26. The zero-order chi connectivity index (χ0) is 12.3. The van der Waals surface area contributed by atoms with Crippen LogP contribution in [0.1, 0.15) is 38.2 Å². The summed E-state index contributed by atoms with van der Waals surface area (Å²) in [6.07, 6.45) is 7.52. The first-order valence-electron chi connectivity index (χ1n) is 6.14. The molecule has 0 N–H and O–H groups in total. The van der Waals surface area contributed by atoms with E-state index < -0.39 is 0 Å². The van der Waals surface area contributed by atoms with E-state index >= 15 is 0 Å². The Morgan fingerprint density at radius 2 is 2.18 bits per heavy atom. The Balaban J connectivity index is 2.13. The van der Waals surface area contributed by atoms with Crippen LogP contribution in [0.2, 0.25) is 0 Å². The van der Waals surface area contributed by atoms with Crippen molar-refractivity contribution in [2.75, 3.05) is 0 Å². The highest BCUT2D eigenvalue weighted by molar-refractivity contribution is 5.17. The molecular weight excluding hydrogens is 215 g/mol. The molecule has 1 aromatic rings. The van der Waals surface area contributed by atoms with Crippen LogP contribution in [0, 0.1) is 28.5 Å².